The van der Waals surface area contributed by atoms with Gasteiger partial charge in [0.05, 0.1) is 6.10 Å². The summed E-state index contributed by atoms with van der Waals surface area (Å²) in [6.07, 6.45) is -0.813. The van der Waals surface area contributed by atoms with Crippen LogP contribution in [0.15, 0.2) is 24.3 Å². The molecule has 0 radical (unpaired) electrons. The van der Waals surface area contributed by atoms with E-state index in [0.29, 0.717) is 5.56 Å². The number of benzene rings is 1. The maximum absolute atomic E-state index is 13.1. The third-order valence-electron chi connectivity index (χ3n) is 3.45. The molecule has 1 saturated heterocycles. The van der Waals surface area contributed by atoms with Crippen molar-refractivity contribution < 1.29 is 24.2 Å². The molecule has 2 rings (SSSR count). The Kier molecular flexibility index (Phi) is 4.42. The fraction of sp³-hybridized carbons (Fsp3) is 0.429. The van der Waals surface area contributed by atoms with Gasteiger partial charge in [-0.3, -0.25) is 0 Å². The van der Waals surface area contributed by atoms with E-state index in [4.69, 9.17) is 5.11 Å². The quantitative estimate of drug-likeness (QED) is 0.868. The Bertz CT molecular complexity index is 552. The fourth-order valence-corrected chi connectivity index (χ4v) is 2.46. The third-order valence-corrected chi connectivity index (χ3v) is 3.45. The van der Waals surface area contributed by atoms with Crippen LogP contribution in [-0.4, -0.2) is 57.8 Å². The molecule has 1 aromatic carbocycles. The molecular formula is C14H17FN2O4. The van der Waals surface area contributed by atoms with E-state index in [1.54, 1.807) is 12.1 Å². The van der Waals surface area contributed by atoms with Gasteiger partial charge < -0.3 is 20.0 Å². The predicted octanol–water partition coefficient (Wildman–Crippen LogP) is 0.897. The fourth-order valence-electron chi connectivity index (χ4n) is 2.46. The summed E-state index contributed by atoms with van der Waals surface area (Å²) in [5.41, 5.74) is 0.609. The normalized spacial score (nSPS) is 21.4. The summed E-state index contributed by atoms with van der Waals surface area (Å²) >= 11 is 0. The van der Waals surface area contributed by atoms with Crippen molar-refractivity contribution in [2.75, 3.05) is 13.6 Å². The van der Waals surface area contributed by atoms with Crippen LogP contribution in [0.3, 0.4) is 0 Å². The number of β-amino-alcohol motifs (C(OH)–C–C–N with tert-alkyl or cyclic N) is 1. The molecule has 7 heteroatoms. The van der Waals surface area contributed by atoms with Gasteiger partial charge in [0.25, 0.3) is 0 Å². The van der Waals surface area contributed by atoms with Crippen LogP contribution >= 0.6 is 0 Å². The summed E-state index contributed by atoms with van der Waals surface area (Å²) in [5.74, 6) is -1.53. The molecule has 0 saturated carbocycles. The summed E-state index contributed by atoms with van der Waals surface area (Å²) < 4.78 is 13.1. The minimum absolute atomic E-state index is 0.0106. The number of carbonyl (C=O) groups is 2. The summed E-state index contributed by atoms with van der Waals surface area (Å²) in [5, 5.41) is 18.6. The number of aliphatic carboxylic acids is 1. The molecule has 1 aromatic rings. The molecule has 114 valence electrons. The van der Waals surface area contributed by atoms with E-state index in [9.17, 15) is 19.1 Å². The van der Waals surface area contributed by atoms with Crippen molar-refractivity contribution >= 4 is 12.0 Å². The minimum Gasteiger partial charge on any atom is -0.480 e. The number of halogens is 1. The molecule has 0 aliphatic carbocycles. The van der Waals surface area contributed by atoms with Gasteiger partial charge in [-0.05, 0) is 17.7 Å². The number of nitrogens with zero attached hydrogens (tertiary/aromatic N) is 2. The number of carbonyl (C=O) groups excluding carboxylic acids is 1. The average Bonchev–Trinajstić information content (AvgIpc) is 2.80. The molecule has 0 aromatic heterocycles. The maximum atomic E-state index is 13.1. The van der Waals surface area contributed by atoms with Gasteiger partial charge in [-0.15, -0.1) is 0 Å². The van der Waals surface area contributed by atoms with E-state index >= 15 is 0 Å². The van der Waals surface area contributed by atoms with Crippen LogP contribution in [0.1, 0.15) is 12.0 Å². The van der Waals surface area contributed by atoms with Crippen LogP contribution in [0.5, 0.6) is 0 Å². The number of aliphatic hydroxyl groups is 1. The zero-order chi connectivity index (χ0) is 15.6. The highest BCUT2D eigenvalue weighted by atomic mass is 19.1. The molecule has 21 heavy (non-hydrogen) atoms. The van der Waals surface area contributed by atoms with Gasteiger partial charge in [0.15, 0.2) is 0 Å². The molecule has 6 nitrogen and oxygen atoms in total. The lowest BCUT2D eigenvalue weighted by Crippen LogP contribution is -2.46. The summed E-state index contributed by atoms with van der Waals surface area (Å²) in [6, 6.07) is 4.33. The lowest BCUT2D eigenvalue weighted by atomic mass is 10.2. The zero-order valence-electron chi connectivity index (χ0n) is 11.6. The summed E-state index contributed by atoms with van der Waals surface area (Å²) in [4.78, 5) is 25.8. The van der Waals surface area contributed by atoms with Crippen LogP contribution in [0.25, 0.3) is 0 Å². The van der Waals surface area contributed by atoms with Crippen LogP contribution in [-0.2, 0) is 11.3 Å². The van der Waals surface area contributed by atoms with Crippen LogP contribution in [0, 0.1) is 5.82 Å². The van der Waals surface area contributed by atoms with E-state index in [-0.39, 0.29) is 19.5 Å². The predicted molar refractivity (Wildman–Crippen MR) is 72.0 cm³/mol. The van der Waals surface area contributed by atoms with Crippen molar-refractivity contribution in [2.24, 2.45) is 0 Å². The number of carboxylic acids is 1. The summed E-state index contributed by atoms with van der Waals surface area (Å²) in [7, 11) is 1.51. The van der Waals surface area contributed by atoms with Crippen molar-refractivity contribution in [3.05, 3.63) is 35.6 Å². The molecule has 1 fully saturated rings. The van der Waals surface area contributed by atoms with E-state index in [0.717, 1.165) is 4.90 Å². The first-order valence-electron chi connectivity index (χ1n) is 6.55. The molecule has 2 amide bonds. The van der Waals surface area contributed by atoms with Crippen molar-refractivity contribution in [2.45, 2.75) is 25.1 Å². The van der Waals surface area contributed by atoms with Gasteiger partial charge in [-0.1, -0.05) is 12.1 Å². The van der Waals surface area contributed by atoms with Gasteiger partial charge >= 0.3 is 12.0 Å². The Morgan fingerprint density at radius 2 is 2.19 bits per heavy atom. The van der Waals surface area contributed by atoms with Crippen LogP contribution < -0.4 is 0 Å². The lowest BCUT2D eigenvalue weighted by molar-refractivity contribution is -0.141. The Morgan fingerprint density at radius 1 is 1.48 bits per heavy atom. The Morgan fingerprint density at radius 3 is 2.81 bits per heavy atom. The number of carboxylic acid groups (broad SMARTS) is 1. The number of aliphatic hydroxyl groups excluding tert-OH is 1. The van der Waals surface area contributed by atoms with Gasteiger partial charge in [0.1, 0.15) is 11.9 Å². The van der Waals surface area contributed by atoms with Gasteiger partial charge in [0.2, 0.25) is 0 Å². The number of rotatable bonds is 3. The molecule has 0 spiro atoms. The van der Waals surface area contributed by atoms with Crippen LogP contribution in [0.2, 0.25) is 0 Å². The number of amides is 2. The van der Waals surface area contributed by atoms with E-state index in [1.165, 1.54) is 24.1 Å². The highest BCUT2D eigenvalue weighted by Crippen LogP contribution is 2.20. The molecular weight excluding hydrogens is 279 g/mol. The minimum atomic E-state index is -1.14. The largest absolute Gasteiger partial charge is 0.480 e. The van der Waals surface area contributed by atoms with Crippen LogP contribution in [0.4, 0.5) is 9.18 Å². The third kappa shape index (κ3) is 3.49. The zero-order valence-corrected chi connectivity index (χ0v) is 11.6. The first-order valence-corrected chi connectivity index (χ1v) is 6.55. The Hall–Kier alpha value is -2.15. The van der Waals surface area contributed by atoms with Crippen molar-refractivity contribution in [1.82, 2.24) is 9.80 Å². The SMILES string of the molecule is CN(Cc1cccc(F)c1)C(=O)N1CC(O)CC1C(=O)O. The maximum Gasteiger partial charge on any atom is 0.326 e. The second kappa shape index (κ2) is 6.09. The Labute approximate surface area is 121 Å². The highest BCUT2D eigenvalue weighted by Gasteiger charge is 2.40. The van der Waals surface area contributed by atoms with E-state index in [2.05, 4.69) is 0 Å². The smallest absolute Gasteiger partial charge is 0.326 e. The number of hydrogen-bond donors (Lipinski definition) is 2. The standard InChI is InChI=1S/C14H17FN2O4/c1-16(7-9-3-2-4-10(15)5-9)14(21)17-8-11(18)6-12(17)13(19)20/h2-5,11-12,18H,6-8H2,1H3,(H,19,20). The summed E-state index contributed by atoms with van der Waals surface area (Å²) in [6.45, 7) is 0.152. The molecule has 0 bridgehead atoms. The highest BCUT2D eigenvalue weighted by molar-refractivity contribution is 5.83. The molecule has 1 aliphatic heterocycles. The van der Waals surface area contributed by atoms with E-state index in [1.807, 2.05) is 0 Å². The lowest BCUT2D eigenvalue weighted by Gasteiger charge is -2.27. The second-order valence-corrected chi connectivity index (χ2v) is 5.16. The monoisotopic (exact) mass is 296 g/mol. The van der Waals surface area contributed by atoms with Crippen molar-refractivity contribution in [3.63, 3.8) is 0 Å². The molecule has 2 atom stereocenters. The molecule has 2 unspecified atom stereocenters. The molecule has 1 heterocycles. The van der Waals surface area contributed by atoms with Gasteiger partial charge in [-0.25, -0.2) is 14.0 Å². The topological polar surface area (TPSA) is 81.1 Å². The van der Waals surface area contributed by atoms with Crippen molar-refractivity contribution in [1.29, 1.82) is 0 Å². The first-order chi connectivity index (χ1) is 9.88. The van der Waals surface area contributed by atoms with Gasteiger partial charge in [-0.2, -0.15) is 0 Å². The number of likely N-dealkylation sites (tertiary alicyclic amines) is 1. The number of urea groups is 1. The van der Waals surface area contributed by atoms with Gasteiger partial charge in [0, 0.05) is 26.6 Å². The second-order valence-electron chi connectivity index (χ2n) is 5.16. The molecule has 2 N–H and O–H groups in total. The Balaban J connectivity index is 2.06. The average molecular weight is 296 g/mol. The first kappa shape index (κ1) is 15.2. The van der Waals surface area contributed by atoms with Crippen molar-refractivity contribution in [3.8, 4) is 0 Å². The number of hydrogen-bond acceptors (Lipinski definition) is 3. The molecule has 1 aliphatic rings. The van der Waals surface area contributed by atoms with E-state index < -0.39 is 30.0 Å².